The molecule has 0 saturated heterocycles. The molecule has 1 rings (SSSR count). The molecule has 0 bridgehead atoms. The van der Waals surface area contributed by atoms with Crippen LogP contribution in [0.15, 0.2) is 24.3 Å². The zero-order chi connectivity index (χ0) is 14.4. The molecule has 6 nitrogen and oxygen atoms in total. The molecule has 6 heteroatoms. The van der Waals surface area contributed by atoms with Gasteiger partial charge in [-0.1, -0.05) is 12.1 Å². The quantitative estimate of drug-likeness (QED) is 0.690. The summed E-state index contributed by atoms with van der Waals surface area (Å²) in [6.45, 7) is 2.73. The van der Waals surface area contributed by atoms with Crippen molar-refractivity contribution < 1.29 is 24.5 Å². The molecule has 0 saturated carbocycles. The molecular formula is C13H17NO5. The first kappa shape index (κ1) is 15.0. The standard InChI is InChI=1S/C13H17NO5/c1-8-4-3-5-10(6-8)19-9(2)12(16)14-11(7-15)13(17)18/h3-6,9,11,15H,7H2,1-2H3,(H,14,16)(H,17,18)/t9?,11-/m1/s1. The third-order valence-electron chi connectivity index (χ3n) is 2.47. The summed E-state index contributed by atoms with van der Waals surface area (Å²) in [7, 11) is 0. The number of amides is 1. The number of hydrogen-bond donors (Lipinski definition) is 3. The summed E-state index contributed by atoms with van der Waals surface area (Å²) in [5, 5.41) is 19.7. The first-order valence-corrected chi connectivity index (χ1v) is 5.81. The lowest BCUT2D eigenvalue weighted by molar-refractivity contribution is -0.144. The Balaban J connectivity index is 2.60. The Kier molecular flexibility index (Phi) is 5.32. The molecule has 0 aliphatic rings. The molecule has 0 aliphatic carbocycles. The summed E-state index contributed by atoms with van der Waals surface area (Å²) in [5.74, 6) is -1.36. The number of carbonyl (C=O) groups excluding carboxylic acids is 1. The maximum atomic E-state index is 11.7. The fourth-order valence-electron chi connectivity index (χ4n) is 1.42. The van der Waals surface area contributed by atoms with E-state index in [9.17, 15) is 9.59 Å². The SMILES string of the molecule is Cc1cccc(OC(C)C(=O)N[C@H](CO)C(=O)O)c1. The lowest BCUT2D eigenvalue weighted by Crippen LogP contribution is -2.48. The van der Waals surface area contributed by atoms with Crippen molar-refractivity contribution in [1.29, 1.82) is 0 Å². The summed E-state index contributed by atoms with van der Waals surface area (Å²) in [5.41, 5.74) is 0.990. The Labute approximate surface area is 111 Å². The van der Waals surface area contributed by atoms with Gasteiger partial charge in [0, 0.05) is 0 Å². The van der Waals surface area contributed by atoms with Gasteiger partial charge in [0.05, 0.1) is 6.61 Å². The van der Waals surface area contributed by atoms with Gasteiger partial charge in [0.2, 0.25) is 0 Å². The highest BCUT2D eigenvalue weighted by Gasteiger charge is 2.23. The van der Waals surface area contributed by atoms with Crippen molar-refractivity contribution in [3.8, 4) is 5.75 Å². The lowest BCUT2D eigenvalue weighted by Gasteiger charge is -2.17. The highest BCUT2D eigenvalue weighted by atomic mass is 16.5. The van der Waals surface area contributed by atoms with Gasteiger partial charge in [-0.15, -0.1) is 0 Å². The Bertz CT molecular complexity index is 460. The number of aryl methyl sites for hydroxylation is 1. The number of carbonyl (C=O) groups is 2. The molecule has 0 heterocycles. The topological polar surface area (TPSA) is 95.9 Å². The van der Waals surface area contributed by atoms with Crippen LogP contribution in [0.25, 0.3) is 0 Å². The van der Waals surface area contributed by atoms with Gasteiger partial charge < -0.3 is 20.3 Å². The fraction of sp³-hybridized carbons (Fsp3) is 0.385. The van der Waals surface area contributed by atoms with Gasteiger partial charge in [-0.25, -0.2) is 4.79 Å². The largest absolute Gasteiger partial charge is 0.481 e. The first-order valence-electron chi connectivity index (χ1n) is 5.81. The second-order valence-corrected chi connectivity index (χ2v) is 4.16. The number of ether oxygens (including phenoxy) is 1. The summed E-state index contributed by atoms with van der Waals surface area (Å²) < 4.78 is 5.40. The zero-order valence-electron chi connectivity index (χ0n) is 10.8. The van der Waals surface area contributed by atoms with Crippen LogP contribution in [0.2, 0.25) is 0 Å². The molecular weight excluding hydrogens is 250 g/mol. The van der Waals surface area contributed by atoms with E-state index in [0.717, 1.165) is 5.56 Å². The van der Waals surface area contributed by atoms with Crippen molar-refractivity contribution in [3.05, 3.63) is 29.8 Å². The molecule has 19 heavy (non-hydrogen) atoms. The molecule has 1 aromatic rings. The minimum Gasteiger partial charge on any atom is -0.481 e. The molecule has 1 aromatic carbocycles. The molecule has 3 N–H and O–H groups in total. The Hall–Kier alpha value is -2.08. The van der Waals surface area contributed by atoms with Crippen LogP contribution in [0.4, 0.5) is 0 Å². The number of nitrogens with one attached hydrogen (secondary N) is 1. The van der Waals surface area contributed by atoms with Gasteiger partial charge in [0.25, 0.3) is 5.91 Å². The summed E-state index contributed by atoms with van der Waals surface area (Å²) in [4.78, 5) is 22.4. The second kappa shape index (κ2) is 6.75. The second-order valence-electron chi connectivity index (χ2n) is 4.16. The average Bonchev–Trinajstić information content (AvgIpc) is 2.35. The summed E-state index contributed by atoms with van der Waals surface area (Å²) in [6.07, 6.45) is -0.852. The van der Waals surface area contributed by atoms with Gasteiger partial charge in [-0.3, -0.25) is 4.79 Å². The maximum absolute atomic E-state index is 11.7. The monoisotopic (exact) mass is 267 g/mol. The number of carboxylic acids is 1. The van der Waals surface area contributed by atoms with Crippen molar-refractivity contribution in [2.24, 2.45) is 0 Å². The van der Waals surface area contributed by atoms with Crippen molar-refractivity contribution in [1.82, 2.24) is 5.32 Å². The van der Waals surface area contributed by atoms with Crippen LogP contribution in [-0.2, 0) is 9.59 Å². The Morgan fingerprint density at radius 3 is 2.63 bits per heavy atom. The van der Waals surface area contributed by atoms with E-state index in [2.05, 4.69) is 5.32 Å². The normalized spacial score (nSPS) is 13.4. The fourth-order valence-corrected chi connectivity index (χ4v) is 1.42. The molecule has 0 aliphatic heterocycles. The van der Waals surface area contributed by atoms with E-state index >= 15 is 0 Å². The van der Waals surface area contributed by atoms with E-state index in [-0.39, 0.29) is 0 Å². The molecule has 0 aromatic heterocycles. The molecule has 0 radical (unpaired) electrons. The highest BCUT2D eigenvalue weighted by molar-refractivity contribution is 5.86. The highest BCUT2D eigenvalue weighted by Crippen LogP contribution is 2.14. The van der Waals surface area contributed by atoms with Crippen molar-refractivity contribution >= 4 is 11.9 Å². The van der Waals surface area contributed by atoms with Gasteiger partial charge >= 0.3 is 5.97 Å². The van der Waals surface area contributed by atoms with Crippen LogP contribution in [0, 0.1) is 6.92 Å². The van der Waals surface area contributed by atoms with Crippen molar-refractivity contribution in [2.45, 2.75) is 26.0 Å². The molecule has 0 fully saturated rings. The van der Waals surface area contributed by atoms with E-state index in [0.29, 0.717) is 5.75 Å². The minimum absolute atomic E-state index is 0.526. The Morgan fingerprint density at radius 1 is 1.42 bits per heavy atom. The molecule has 1 amide bonds. The van der Waals surface area contributed by atoms with E-state index in [1.165, 1.54) is 6.92 Å². The first-order chi connectivity index (χ1) is 8.93. The van der Waals surface area contributed by atoms with Crippen LogP contribution < -0.4 is 10.1 Å². The zero-order valence-corrected chi connectivity index (χ0v) is 10.8. The molecule has 0 spiro atoms. The van der Waals surface area contributed by atoms with Crippen molar-refractivity contribution in [2.75, 3.05) is 6.61 Å². The van der Waals surface area contributed by atoms with Crippen LogP contribution in [0.1, 0.15) is 12.5 Å². The average molecular weight is 267 g/mol. The van der Waals surface area contributed by atoms with Crippen LogP contribution in [0.3, 0.4) is 0 Å². The number of benzene rings is 1. The van der Waals surface area contributed by atoms with Crippen LogP contribution in [0.5, 0.6) is 5.75 Å². The van der Waals surface area contributed by atoms with Crippen LogP contribution >= 0.6 is 0 Å². The number of rotatable bonds is 6. The van der Waals surface area contributed by atoms with Gasteiger partial charge in [-0.2, -0.15) is 0 Å². The molecule has 1 unspecified atom stereocenters. The smallest absolute Gasteiger partial charge is 0.328 e. The maximum Gasteiger partial charge on any atom is 0.328 e. The van der Waals surface area contributed by atoms with Crippen LogP contribution in [-0.4, -0.2) is 40.8 Å². The third-order valence-corrected chi connectivity index (χ3v) is 2.47. The lowest BCUT2D eigenvalue weighted by atomic mass is 10.2. The van der Waals surface area contributed by atoms with E-state index in [1.807, 2.05) is 13.0 Å². The number of aliphatic hydroxyl groups is 1. The predicted molar refractivity (Wildman–Crippen MR) is 67.9 cm³/mol. The summed E-state index contributed by atoms with van der Waals surface area (Å²) >= 11 is 0. The molecule has 104 valence electrons. The van der Waals surface area contributed by atoms with E-state index in [4.69, 9.17) is 14.9 Å². The van der Waals surface area contributed by atoms with E-state index < -0.39 is 30.6 Å². The Morgan fingerprint density at radius 2 is 2.11 bits per heavy atom. The molecule has 2 atom stereocenters. The summed E-state index contributed by atoms with van der Waals surface area (Å²) in [6, 6.07) is 5.84. The number of aliphatic hydroxyl groups excluding tert-OH is 1. The number of aliphatic carboxylic acids is 1. The number of carboxylic acid groups (broad SMARTS) is 1. The van der Waals surface area contributed by atoms with Crippen molar-refractivity contribution in [3.63, 3.8) is 0 Å². The predicted octanol–water partition coefficient (Wildman–Crippen LogP) is 0.324. The van der Waals surface area contributed by atoms with Gasteiger partial charge in [0.15, 0.2) is 6.10 Å². The third kappa shape index (κ3) is 4.59. The van der Waals surface area contributed by atoms with E-state index in [1.54, 1.807) is 18.2 Å². The van der Waals surface area contributed by atoms with Gasteiger partial charge in [0.1, 0.15) is 11.8 Å². The minimum atomic E-state index is -1.32. The van der Waals surface area contributed by atoms with Gasteiger partial charge in [-0.05, 0) is 31.5 Å². The number of hydrogen-bond acceptors (Lipinski definition) is 4.